The van der Waals surface area contributed by atoms with Gasteiger partial charge in [0.1, 0.15) is 11.6 Å². The fourth-order valence-corrected chi connectivity index (χ4v) is 10.4. The minimum Gasteiger partial charge on any atom is -0.507 e. The van der Waals surface area contributed by atoms with E-state index in [2.05, 4.69) is 277 Å². The molecule has 2 heterocycles. The molecule has 0 atom stereocenters. The summed E-state index contributed by atoms with van der Waals surface area (Å²) in [4.78, 5) is 10.8. The molecule has 8 aromatic carbocycles. The van der Waals surface area contributed by atoms with Gasteiger partial charge in [0, 0.05) is 28.5 Å². The second kappa shape index (κ2) is 19.1. The lowest BCUT2D eigenvalue weighted by Crippen LogP contribution is -2.17. The van der Waals surface area contributed by atoms with E-state index in [4.69, 9.17) is 9.97 Å². The Morgan fingerprint density at radius 1 is 0.387 bits per heavy atom. The molecule has 0 aliphatic heterocycles. The van der Waals surface area contributed by atoms with Crippen molar-refractivity contribution < 1.29 is 5.11 Å². The van der Waals surface area contributed by atoms with Crippen molar-refractivity contribution in [3.63, 3.8) is 0 Å². The zero-order valence-electron chi connectivity index (χ0n) is 46.2. The van der Waals surface area contributed by atoms with Crippen molar-refractivity contribution in [2.45, 2.75) is 112 Å². The van der Waals surface area contributed by atoms with E-state index in [1.165, 1.54) is 33.4 Å². The molecule has 0 aliphatic rings. The van der Waals surface area contributed by atoms with Crippen LogP contribution in [0.2, 0.25) is 0 Å². The molecule has 2 aromatic heterocycles. The van der Waals surface area contributed by atoms with Gasteiger partial charge in [-0.15, -0.1) is 0 Å². The van der Waals surface area contributed by atoms with E-state index in [1.54, 1.807) is 0 Å². The van der Waals surface area contributed by atoms with Gasteiger partial charge in [-0.3, -0.25) is 9.55 Å². The molecule has 0 unspecified atom stereocenters. The van der Waals surface area contributed by atoms with Crippen LogP contribution in [0.1, 0.15) is 111 Å². The summed E-state index contributed by atoms with van der Waals surface area (Å²) < 4.78 is 2.32. The largest absolute Gasteiger partial charge is 0.507 e. The average molecular weight is 982 g/mol. The van der Waals surface area contributed by atoms with E-state index in [9.17, 15) is 5.11 Å². The molecule has 376 valence electrons. The molecule has 0 saturated carbocycles. The first kappa shape index (κ1) is 50.7. The molecule has 0 aliphatic carbocycles. The lowest BCUT2D eigenvalue weighted by atomic mass is 9.79. The number of para-hydroxylation sites is 1. The number of rotatable bonds is 8. The maximum Gasteiger partial charge on any atom is 0.149 e. The van der Waals surface area contributed by atoms with Crippen molar-refractivity contribution in [3.8, 4) is 89.7 Å². The van der Waals surface area contributed by atoms with Crippen molar-refractivity contribution in [2.75, 3.05) is 0 Å². The summed E-state index contributed by atoms with van der Waals surface area (Å²) in [5.41, 5.74) is 21.6. The van der Waals surface area contributed by atoms with Gasteiger partial charge in [-0.2, -0.15) is 0 Å². The zero-order valence-corrected chi connectivity index (χ0v) is 46.2. The smallest absolute Gasteiger partial charge is 0.149 e. The van der Waals surface area contributed by atoms with E-state index in [-0.39, 0.29) is 27.4 Å². The average Bonchev–Trinajstić information content (AvgIpc) is 3.79. The van der Waals surface area contributed by atoms with Gasteiger partial charge in [0.25, 0.3) is 0 Å². The first-order valence-corrected chi connectivity index (χ1v) is 26.5. The van der Waals surface area contributed by atoms with Gasteiger partial charge >= 0.3 is 0 Å². The second-order valence-electron chi connectivity index (χ2n) is 24.7. The Bertz CT molecular complexity index is 3720. The minimum absolute atomic E-state index is 0.0429. The number of phenolic OH excluding ortho intramolecular Hbond substituents is 1. The molecule has 0 radical (unpaired) electrons. The first-order valence-electron chi connectivity index (χ1n) is 26.5. The molecule has 0 bridgehead atoms. The predicted molar refractivity (Wildman–Crippen MR) is 318 cm³/mol. The fraction of sp³-hybridized carbons (Fsp3) is 0.239. The number of aromatic nitrogens is 3. The number of pyridine rings is 1. The normalized spacial score (nSPS) is 12.4. The van der Waals surface area contributed by atoms with Crippen LogP contribution in [0.4, 0.5) is 0 Å². The zero-order chi connectivity index (χ0) is 53.2. The van der Waals surface area contributed by atoms with E-state index in [0.717, 1.165) is 78.0 Å². The van der Waals surface area contributed by atoms with E-state index >= 15 is 0 Å². The van der Waals surface area contributed by atoms with Crippen LogP contribution in [0.15, 0.2) is 188 Å². The van der Waals surface area contributed by atoms with Crippen LogP contribution in [0.25, 0.3) is 95.0 Å². The summed E-state index contributed by atoms with van der Waals surface area (Å²) in [6, 6.07) is 65.9. The number of imidazole rings is 1. The Kier molecular flexibility index (Phi) is 12.9. The maximum atomic E-state index is 12.8. The summed E-state index contributed by atoms with van der Waals surface area (Å²) in [6.07, 6.45) is 1.93. The van der Waals surface area contributed by atoms with Crippen LogP contribution >= 0.6 is 0 Å². The van der Waals surface area contributed by atoms with E-state index in [0.29, 0.717) is 11.4 Å². The van der Waals surface area contributed by atoms with Gasteiger partial charge in [-0.1, -0.05) is 217 Å². The maximum absolute atomic E-state index is 12.8. The van der Waals surface area contributed by atoms with Crippen LogP contribution in [-0.2, 0) is 21.7 Å². The Morgan fingerprint density at radius 3 is 1.55 bits per heavy atom. The van der Waals surface area contributed by atoms with Crippen molar-refractivity contribution in [2.24, 2.45) is 0 Å². The Morgan fingerprint density at radius 2 is 0.933 bits per heavy atom. The van der Waals surface area contributed by atoms with Gasteiger partial charge in [-0.05, 0) is 144 Å². The van der Waals surface area contributed by atoms with E-state index in [1.807, 2.05) is 6.20 Å². The third-order valence-corrected chi connectivity index (χ3v) is 14.9. The number of hydrogen-bond acceptors (Lipinski definition) is 3. The number of aromatic hydroxyl groups is 1. The molecule has 75 heavy (non-hydrogen) atoms. The topological polar surface area (TPSA) is 50.9 Å². The summed E-state index contributed by atoms with van der Waals surface area (Å²) in [6.45, 7) is 29.1. The van der Waals surface area contributed by atoms with Gasteiger partial charge in [-0.25, -0.2) is 4.98 Å². The number of phenols is 1. The fourth-order valence-electron chi connectivity index (χ4n) is 10.4. The predicted octanol–water partition coefficient (Wildman–Crippen LogP) is 19.3. The number of aryl methyl sites for hydroxylation is 1. The highest BCUT2D eigenvalue weighted by atomic mass is 16.3. The summed E-state index contributed by atoms with van der Waals surface area (Å²) >= 11 is 0. The van der Waals surface area contributed by atoms with Crippen molar-refractivity contribution in [1.29, 1.82) is 0 Å². The van der Waals surface area contributed by atoms with Crippen LogP contribution in [0.3, 0.4) is 0 Å². The second-order valence-corrected chi connectivity index (χ2v) is 24.7. The molecule has 0 amide bonds. The molecule has 0 spiro atoms. The Labute approximate surface area is 445 Å². The van der Waals surface area contributed by atoms with Gasteiger partial charge in [0.2, 0.25) is 0 Å². The highest BCUT2D eigenvalue weighted by Gasteiger charge is 2.30. The summed E-state index contributed by atoms with van der Waals surface area (Å²) in [5.74, 6) is 0.935. The van der Waals surface area contributed by atoms with Crippen molar-refractivity contribution in [1.82, 2.24) is 14.5 Å². The SMILES string of the molecule is Cc1cc(-n2c(-c3cc(C(C)(C)C)cc(C(C)(C)C)c3O)nc3c(-c4cc(-c5cc(-c6ccc(-c7ccccc7)cc6)ccn5)cc(C(C)(C)C)c4)cccc32)c(-c2ccccc2)cc1-c1ccc(C(C)(C)C)cc1. The summed E-state index contributed by atoms with van der Waals surface area (Å²) in [5, 5.41) is 12.8. The van der Waals surface area contributed by atoms with Crippen LogP contribution in [0.5, 0.6) is 5.75 Å². The molecule has 10 rings (SSSR count). The third kappa shape index (κ3) is 10.1. The van der Waals surface area contributed by atoms with E-state index < -0.39 is 0 Å². The number of nitrogens with zero attached hydrogens (tertiary/aromatic N) is 3. The summed E-state index contributed by atoms with van der Waals surface area (Å²) in [7, 11) is 0. The number of benzene rings is 8. The van der Waals surface area contributed by atoms with Gasteiger partial charge < -0.3 is 5.11 Å². The molecule has 1 N–H and O–H groups in total. The number of fused-ring (bicyclic) bond motifs is 1. The van der Waals surface area contributed by atoms with Gasteiger partial charge in [0.15, 0.2) is 0 Å². The lowest BCUT2D eigenvalue weighted by Gasteiger charge is -2.28. The third-order valence-electron chi connectivity index (χ3n) is 14.9. The quantitative estimate of drug-likeness (QED) is 0.165. The molecule has 0 fully saturated rings. The molecular formula is C71H71N3O. The minimum atomic E-state index is -0.348. The molecule has 4 nitrogen and oxygen atoms in total. The number of hydrogen-bond donors (Lipinski definition) is 1. The molecule has 4 heteroatoms. The molecular weight excluding hydrogens is 911 g/mol. The monoisotopic (exact) mass is 982 g/mol. The van der Waals surface area contributed by atoms with Gasteiger partial charge in [0.05, 0.1) is 28.0 Å². The molecule has 10 aromatic rings. The Balaban J connectivity index is 1.22. The highest BCUT2D eigenvalue weighted by Crippen LogP contribution is 2.47. The standard InChI is InChI=1S/C71H71N3O/c1-45-37-64(59(49-23-18-15-19-24-49)44-58(45)50-31-33-54(34-32-50)68(2,3)4)74-63-26-20-25-57(65(63)73-67(74)60-42-56(70(8,9)10)43-61(66(60)75)71(11,12)13)52-38-53(40-55(39-52)69(5,6)7)62-41-51(35-36-72-62)48-29-27-47(28-30-48)46-21-16-14-17-22-46/h14-44,75H,1-13H3. The highest BCUT2D eigenvalue weighted by molar-refractivity contribution is 5.98. The molecule has 0 saturated heterocycles. The Hall–Kier alpha value is -7.82. The first-order chi connectivity index (χ1) is 35.5. The lowest BCUT2D eigenvalue weighted by molar-refractivity contribution is 0.446. The van der Waals surface area contributed by atoms with Crippen molar-refractivity contribution in [3.05, 3.63) is 216 Å². The van der Waals surface area contributed by atoms with Crippen LogP contribution < -0.4 is 0 Å². The van der Waals surface area contributed by atoms with Crippen molar-refractivity contribution >= 4 is 11.0 Å². The van der Waals surface area contributed by atoms with Crippen LogP contribution in [0, 0.1) is 6.92 Å². The van der Waals surface area contributed by atoms with Crippen LogP contribution in [-0.4, -0.2) is 19.6 Å².